The lowest BCUT2D eigenvalue weighted by Gasteiger charge is -2.34. The Balaban J connectivity index is 2.07. The Labute approximate surface area is 210 Å². The molecule has 0 aliphatic carbocycles. The number of hydrogen-bond donors (Lipinski definition) is 1. The third-order valence-electron chi connectivity index (χ3n) is 5.61. The van der Waals surface area contributed by atoms with Gasteiger partial charge in [0, 0.05) is 17.3 Å². The van der Waals surface area contributed by atoms with Crippen molar-refractivity contribution in [1.82, 2.24) is 9.38 Å². The number of pyridine rings is 1. The smallest absolute Gasteiger partial charge is 0.309 e. The number of rotatable bonds is 10. The maximum atomic E-state index is 12.4. The van der Waals surface area contributed by atoms with E-state index in [2.05, 4.69) is 50.4 Å². The van der Waals surface area contributed by atoms with Crippen molar-refractivity contribution in [2.24, 2.45) is 5.41 Å². The number of imidazole rings is 1. The highest BCUT2D eigenvalue weighted by molar-refractivity contribution is 7.87. The van der Waals surface area contributed by atoms with Crippen molar-refractivity contribution in [3.8, 4) is 22.8 Å². The van der Waals surface area contributed by atoms with Crippen molar-refractivity contribution in [3.05, 3.63) is 42.1 Å². The number of fused-ring (bicyclic) bond motifs is 1. The number of unbranched alkanes of at least 4 members (excludes halogenated alkanes) is 1. The van der Waals surface area contributed by atoms with E-state index in [4.69, 9.17) is 13.9 Å². The van der Waals surface area contributed by atoms with Crippen molar-refractivity contribution in [3.63, 3.8) is 0 Å². The average Bonchev–Trinajstić information content (AvgIpc) is 3.07. The first-order valence-electron chi connectivity index (χ1n) is 12.1. The Hall–Kier alpha value is -2.74. The summed E-state index contributed by atoms with van der Waals surface area (Å²) < 4.78 is 37.6. The monoisotopic (exact) mass is 501 g/mol. The maximum absolute atomic E-state index is 12.4. The molecule has 1 aromatic carbocycles. The number of anilines is 1. The summed E-state index contributed by atoms with van der Waals surface area (Å²) in [5.74, 6) is 1.36. The second-order valence-electron chi connectivity index (χ2n) is 11.1. The molecule has 0 radical (unpaired) electrons. The van der Waals surface area contributed by atoms with Gasteiger partial charge in [-0.25, -0.2) is 4.98 Å². The fourth-order valence-corrected chi connectivity index (χ4v) is 5.68. The molecule has 35 heavy (non-hydrogen) atoms. The van der Waals surface area contributed by atoms with Crippen LogP contribution in [0.3, 0.4) is 0 Å². The van der Waals surface area contributed by atoms with Crippen LogP contribution in [0.4, 0.5) is 5.82 Å². The molecule has 0 spiro atoms. The van der Waals surface area contributed by atoms with Crippen molar-refractivity contribution in [2.45, 2.75) is 73.3 Å². The van der Waals surface area contributed by atoms with Gasteiger partial charge in [-0.1, -0.05) is 34.1 Å². The molecule has 1 N–H and O–H groups in total. The van der Waals surface area contributed by atoms with Gasteiger partial charge in [0.05, 0.1) is 12.9 Å². The number of aromatic nitrogens is 2. The molecule has 0 amide bonds. The fraction of sp³-hybridized carbons (Fsp3) is 0.519. The predicted octanol–water partition coefficient (Wildman–Crippen LogP) is 6.45. The number of benzene rings is 1. The highest BCUT2D eigenvalue weighted by atomic mass is 32.2. The van der Waals surface area contributed by atoms with Gasteiger partial charge < -0.3 is 14.2 Å². The van der Waals surface area contributed by atoms with E-state index in [1.54, 1.807) is 12.1 Å². The minimum absolute atomic E-state index is 0.0306. The van der Waals surface area contributed by atoms with Gasteiger partial charge in [-0.05, 0) is 74.9 Å². The number of hydrogen-bond acceptors (Lipinski definition) is 6. The molecule has 7 nitrogen and oxygen atoms in total. The predicted molar refractivity (Wildman–Crippen MR) is 143 cm³/mol. The van der Waals surface area contributed by atoms with Crippen molar-refractivity contribution in [2.75, 3.05) is 18.2 Å². The van der Waals surface area contributed by atoms with Crippen LogP contribution in [-0.4, -0.2) is 36.2 Å². The number of nitrogens with one attached hydrogen (secondary N) is 1. The summed E-state index contributed by atoms with van der Waals surface area (Å²) in [6, 6.07) is 9.33. The Bertz CT molecular complexity index is 1290. The van der Waals surface area contributed by atoms with Gasteiger partial charge in [0.1, 0.15) is 17.2 Å². The molecule has 0 atom stereocenters. The van der Waals surface area contributed by atoms with E-state index in [0.29, 0.717) is 12.2 Å². The van der Waals surface area contributed by atoms with E-state index in [0.717, 1.165) is 41.1 Å². The molecule has 3 rings (SSSR count). The Morgan fingerprint density at radius 3 is 2.40 bits per heavy atom. The zero-order chi connectivity index (χ0) is 26.0. The normalized spacial score (nSPS) is 12.7. The van der Waals surface area contributed by atoms with Crippen LogP contribution in [0.5, 0.6) is 11.5 Å². The summed E-state index contributed by atoms with van der Waals surface area (Å²) >= 11 is 0. The van der Waals surface area contributed by atoms with E-state index >= 15 is 0 Å². The van der Waals surface area contributed by atoms with Gasteiger partial charge in [-0.2, -0.15) is 8.42 Å². The standard InChI is InChI=1S/C27H39N3O4S/c1-9-10-15-35(31,32)34-21-12-11-20(17-22(21)33-8)24-25(29-27(6,7)18-26(3,4)5)30-14-13-19(2)16-23(30)28-24/h11-14,16-17,29H,9-10,15,18H2,1-8H3. The molecule has 192 valence electrons. The van der Waals surface area contributed by atoms with Gasteiger partial charge in [0.2, 0.25) is 0 Å². The molecular formula is C27H39N3O4S. The number of nitrogens with zero attached hydrogens (tertiary/aromatic N) is 2. The second-order valence-corrected chi connectivity index (χ2v) is 12.7. The quantitative estimate of drug-likeness (QED) is 0.321. The Morgan fingerprint density at radius 2 is 1.77 bits per heavy atom. The van der Waals surface area contributed by atoms with Crippen molar-refractivity contribution in [1.29, 1.82) is 0 Å². The largest absolute Gasteiger partial charge is 0.493 e. The van der Waals surface area contributed by atoms with Crippen LogP contribution in [0.1, 0.15) is 66.4 Å². The van der Waals surface area contributed by atoms with Gasteiger partial charge in [-0.15, -0.1) is 0 Å². The molecule has 0 saturated carbocycles. The van der Waals surface area contributed by atoms with Crippen LogP contribution in [-0.2, 0) is 10.1 Å². The van der Waals surface area contributed by atoms with E-state index < -0.39 is 10.1 Å². The summed E-state index contributed by atoms with van der Waals surface area (Å²) in [4.78, 5) is 4.93. The lowest BCUT2D eigenvalue weighted by molar-refractivity contribution is 0.302. The number of aryl methyl sites for hydroxylation is 1. The van der Waals surface area contributed by atoms with E-state index in [-0.39, 0.29) is 22.5 Å². The first-order valence-corrected chi connectivity index (χ1v) is 13.7. The fourth-order valence-electron chi connectivity index (χ4n) is 4.54. The Morgan fingerprint density at radius 1 is 1.06 bits per heavy atom. The first-order chi connectivity index (χ1) is 16.2. The summed E-state index contributed by atoms with van der Waals surface area (Å²) in [6.45, 7) is 15.0. The molecule has 2 aromatic heterocycles. The van der Waals surface area contributed by atoms with Gasteiger partial charge >= 0.3 is 10.1 Å². The van der Waals surface area contributed by atoms with Crippen LogP contribution in [0.25, 0.3) is 16.9 Å². The van der Waals surface area contributed by atoms with Crippen LogP contribution < -0.4 is 14.2 Å². The molecule has 0 aliphatic heterocycles. The average molecular weight is 502 g/mol. The highest BCUT2D eigenvalue weighted by Crippen LogP contribution is 2.38. The van der Waals surface area contributed by atoms with Crippen LogP contribution in [0.15, 0.2) is 36.5 Å². The lowest BCUT2D eigenvalue weighted by atomic mass is 9.82. The molecule has 8 heteroatoms. The lowest BCUT2D eigenvalue weighted by Crippen LogP contribution is -2.36. The Kier molecular flexibility index (Phi) is 7.74. The van der Waals surface area contributed by atoms with Crippen molar-refractivity contribution >= 4 is 21.6 Å². The van der Waals surface area contributed by atoms with Crippen LogP contribution in [0, 0.1) is 12.3 Å². The molecule has 0 fully saturated rings. The van der Waals surface area contributed by atoms with E-state index in [1.165, 1.54) is 7.11 Å². The maximum Gasteiger partial charge on any atom is 0.309 e. The third kappa shape index (κ3) is 6.90. The minimum atomic E-state index is -3.69. The van der Waals surface area contributed by atoms with E-state index in [1.807, 2.05) is 32.2 Å². The highest BCUT2D eigenvalue weighted by Gasteiger charge is 2.28. The first kappa shape index (κ1) is 26.9. The molecule has 0 bridgehead atoms. The number of methoxy groups -OCH3 is 1. The van der Waals surface area contributed by atoms with Gasteiger partial charge in [-0.3, -0.25) is 4.40 Å². The molecule has 2 heterocycles. The minimum Gasteiger partial charge on any atom is -0.493 e. The van der Waals surface area contributed by atoms with Gasteiger partial charge in [0.15, 0.2) is 11.5 Å². The summed E-state index contributed by atoms with van der Waals surface area (Å²) in [5.41, 5.74) is 3.45. The van der Waals surface area contributed by atoms with Crippen LogP contribution in [0.2, 0.25) is 0 Å². The zero-order valence-electron chi connectivity index (χ0n) is 22.2. The molecule has 0 unspecified atom stereocenters. The van der Waals surface area contributed by atoms with Crippen LogP contribution >= 0.6 is 0 Å². The van der Waals surface area contributed by atoms with Crippen molar-refractivity contribution < 1.29 is 17.3 Å². The number of ether oxygens (including phenoxy) is 1. The summed E-state index contributed by atoms with van der Waals surface area (Å²) in [6.07, 6.45) is 4.28. The molecule has 3 aromatic rings. The summed E-state index contributed by atoms with van der Waals surface area (Å²) in [5, 5.41) is 3.73. The zero-order valence-corrected chi connectivity index (χ0v) is 23.0. The van der Waals surface area contributed by atoms with Gasteiger partial charge in [0.25, 0.3) is 0 Å². The van der Waals surface area contributed by atoms with E-state index in [9.17, 15) is 8.42 Å². The third-order valence-corrected chi connectivity index (χ3v) is 6.83. The molecule has 0 saturated heterocycles. The second kappa shape index (κ2) is 10.1. The SMILES string of the molecule is CCCCS(=O)(=O)Oc1ccc(-c2nc3cc(C)ccn3c2NC(C)(C)CC(C)(C)C)cc1OC. The molecular weight excluding hydrogens is 462 g/mol. The molecule has 0 aliphatic rings. The topological polar surface area (TPSA) is 81.9 Å². The summed E-state index contributed by atoms with van der Waals surface area (Å²) in [7, 11) is -2.19.